The molecule has 0 bridgehead atoms. The van der Waals surface area contributed by atoms with Crippen LogP contribution in [0.3, 0.4) is 0 Å². The SMILES string of the molecule is O=C(C1CCC(O)CC1)N1CCC(C2CCN(Cc3ccc(Cl)cc3)C2)CC1. The van der Waals surface area contributed by atoms with E-state index in [4.69, 9.17) is 11.6 Å². The maximum atomic E-state index is 12.8. The summed E-state index contributed by atoms with van der Waals surface area (Å²) >= 11 is 5.99. The third kappa shape index (κ3) is 4.90. The van der Waals surface area contributed by atoms with Gasteiger partial charge in [-0.2, -0.15) is 0 Å². The molecule has 4 nitrogen and oxygen atoms in total. The van der Waals surface area contributed by atoms with E-state index in [0.717, 1.165) is 75.0 Å². The van der Waals surface area contributed by atoms with Gasteiger partial charge in [-0.1, -0.05) is 23.7 Å². The molecule has 28 heavy (non-hydrogen) atoms. The van der Waals surface area contributed by atoms with Crippen molar-refractivity contribution in [3.05, 3.63) is 34.9 Å². The monoisotopic (exact) mass is 404 g/mol. The van der Waals surface area contributed by atoms with E-state index in [1.807, 2.05) is 12.1 Å². The number of likely N-dealkylation sites (tertiary alicyclic amines) is 2. The first kappa shape index (κ1) is 20.2. The number of hydrogen-bond donors (Lipinski definition) is 1. The van der Waals surface area contributed by atoms with Crippen molar-refractivity contribution >= 4 is 17.5 Å². The van der Waals surface area contributed by atoms with E-state index in [0.29, 0.717) is 5.91 Å². The Kier molecular flexibility index (Phi) is 6.59. The Hall–Kier alpha value is -1.10. The number of halogens is 1. The van der Waals surface area contributed by atoms with Gasteiger partial charge in [0.25, 0.3) is 0 Å². The molecular formula is C23H33ClN2O2. The van der Waals surface area contributed by atoms with Gasteiger partial charge in [-0.05, 0) is 81.0 Å². The molecule has 1 amide bonds. The molecule has 2 aliphatic heterocycles. The van der Waals surface area contributed by atoms with Gasteiger partial charge in [-0.15, -0.1) is 0 Å². The zero-order chi connectivity index (χ0) is 19.5. The highest BCUT2D eigenvalue weighted by Crippen LogP contribution is 2.34. The number of rotatable bonds is 4. The molecule has 0 aromatic heterocycles. The lowest BCUT2D eigenvalue weighted by atomic mass is 9.82. The van der Waals surface area contributed by atoms with Crippen LogP contribution in [-0.4, -0.2) is 53.1 Å². The normalized spacial score (nSPS) is 29.9. The minimum Gasteiger partial charge on any atom is -0.393 e. The van der Waals surface area contributed by atoms with Gasteiger partial charge in [-0.3, -0.25) is 9.69 Å². The fraction of sp³-hybridized carbons (Fsp3) is 0.696. The highest BCUT2D eigenvalue weighted by atomic mass is 35.5. The summed E-state index contributed by atoms with van der Waals surface area (Å²) in [5.74, 6) is 2.03. The van der Waals surface area contributed by atoms with Gasteiger partial charge in [-0.25, -0.2) is 0 Å². The molecule has 154 valence electrons. The number of nitrogens with zero attached hydrogens (tertiary/aromatic N) is 2. The lowest BCUT2D eigenvalue weighted by Gasteiger charge is -2.37. The number of aliphatic hydroxyl groups excluding tert-OH is 1. The highest BCUT2D eigenvalue weighted by molar-refractivity contribution is 6.30. The van der Waals surface area contributed by atoms with Crippen LogP contribution < -0.4 is 0 Å². The summed E-state index contributed by atoms with van der Waals surface area (Å²) in [5.41, 5.74) is 1.34. The highest BCUT2D eigenvalue weighted by Gasteiger charge is 2.35. The number of amides is 1. The summed E-state index contributed by atoms with van der Waals surface area (Å²) in [7, 11) is 0. The van der Waals surface area contributed by atoms with Gasteiger partial charge in [0.1, 0.15) is 0 Å². The molecule has 2 saturated heterocycles. The predicted molar refractivity (Wildman–Crippen MR) is 112 cm³/mol. The van der Waals surface area contributed by atoms with Crippen molar-refractivity contribution in [1.82, 2.24) is 9.80 Å². The van der Waals surface area contributed by atoms with E-state index in [9.17, 15) is 9.90 Å². The molecule has 1 N–H and O–H groups in total. The fourth-order valence-electron chi connectivity index (χ4n) is 5.41. The van der Waals surface area contributed by atoms with Gasteiger partial charge in [0.15, 0.2) is 0 Å². The van der Waals surface area contributed by atoms with E-state index < -0.39 is 0 Å². The zero-order valence-electron chi connectivity index (χ0n) is 16.7. The van der Waals surface area contributed by atoms with Crippen LogP contribution in [0.4, 0.5) is 0 Å². The topological polar surface area (TPSA) is 43.8 Å². The molecule has 3 aliphatic rings. The standard InChI is InChI=1S/C23H33ClN2O2/c24-21-5-1-17(2-6-21)15-25-12-9-20(16-25)18-10-13-26(14-11-18)23(28)19-3-7-22(27)8-4-19/h1-2,5-6,18-20,22,27H,3-4,7-16H2. The smallest absolute Gasteiger partial charge is 0.225 e. The first-order chi connectivity index (χ1) is 13.6. The summed E-state index contributed by atoms with van der Waals surface area (Å²) in [6, 6.07) is 8.21. The van der Waals surface area contributed by atoms with Crippen LogP contribution in [0.1, 0.15) is 50.5 Å². The van der Waals surface area contributed by atoms with E-state index in [2.05, 4.69) is 21.9 Å². The van der Waals surface area contributed by atoms with E-state index in [1.165, 1.54) is 25.1 Å². The first-order valence-corrected chi connectivity index (χ1v) is 11.4. The first-order valence-electron chi connectivity index (χ1n) is 11.0. The predicted octanol–water partition coefficient (Wildman–Crippen LogP) is 3.95. The number of carbonyl (C=O) groups is 1. The number of benzene rings is 1. The number of hydrogen-bond acceptors (Lipinski definition) is 3. The van der Waals surface area contributed by atoms with Crippen molar-refractivity contribution in [2.75, 3.05) is 26.2 Å². The van der Waals surface area contributed by atoms with Crippen molar-refractivity contribution in [1.29, 1.82) is 0 Å². The van der Waals surface area contributed by atoms with Crippen molar-refractivity contribution in [2.24, 2.45) is 17.8 Å². The molecule has 3 fully saturated rings. The van der Waals surface area contributed by atoms with Crippen LogP contribution >= 0.6 is 11.6 Å². The number of aliphatic hydroxyl groups is 1. The van der Waals surface area contributed by atoms with Gasteiger partial charge >= 0.3 is 0 Å². The van der Waals surface area contributed by atoms with Crippen LogP contribution in [0.15, 0.2) is 24.3 Å². The lowest BCUT2D eigenvalue weighted by Crippen LogP contribution is -2.44. The molecule has 2 heterocycles. The Morgan fingerprint density at radius 2 is 1.57 bits per heavy atom. The van der Waals surface area contributed by atoms with Crippen LogP contribution in [-0.2, 0) is 11.3 Å². The average Bonchev–Trinajstić information content (AvgIpc) is 3.18. The molecule has 1 aliphatic carbocycles. The van der Waals surface area contributed by atoms with Gasteiger partial charge < -0.3 is 10.0 Å². The van der Waals surface area contributed by atoms with E-state index in [1.54, 1.807) is 0 Å². The molecule has 5 heteroatoms. The van der Waals surface area contributed by atoms with Crippen LogP contribution in [0.25, 0.3) is 0 Å². The van der Waals surface area contributed by atoms with Crippen molar-refractivity contribution in [3.8, 4) is 0 Å². The molecular weight excluding hydrogens is 372 g/mol. The second-order valence-electron chi connectivity index (χ2n) is 9.08. The Bertz CT molecular complexity index is 649. The largest absolute Gasteiger partial charge is 0.393 e. The Labute approximate surface area is 173 Å². The fourth-order valence-corrected chi connectivity index (χ4v) is 5.54. The Balaban J connectivity index is 1.22. The molecule has 1 aromatic carbocycles. The second kappa shape index (κ2) is 9.15. The minimum absolute atomic E-state index is 0.154. The van der Waals surface area contributed by atoms with Gasteiger partial charge in [0.2, 0.25) is 5.91 Å². The maximum Gasteiger partial charge on any atom is 0.225 e. The van der Waals surface area contributed by atoms with Crippen LogP contribution in [0, 0.1) is 17.8 Å². The third-order valence-corrected chi connectivity index (χ3v) is 7.44. The van der Waals surface area contributed by atoms with Crippen molar-refractivity contribution in [2.45, 2.75) is 57.6 Å². The second-order valence-corrected chi connectivity index (χ2v) is 9.51. The molecule has 1 atom stereocenters. The molecule has 0 radical (unpaired) electrons. The van der Waals surface area contributed by atoms with Crippen LogP contribution in [0.5, 0.6) is 0 Å². The lowest BCUT2D eigenvalue weighted by molar-refractivity contribution is -0.138. The molecule has 4 rings (SSSR count). The van der Waals surface area contributed by atoms with Crippen molar-refractivity contribution < 1.29 is 9.90 Å². The number of carbonyl (C=O) groups excluding carboxylic acids is 1. The molecule has 1 saturated carbocycles. The van der Waals surface area contributed by atoms with Gasteiger partial charge in [0, 0.05) is 37.1 Å². The molecule has 1 unspecified atom stereocenters. The quantitative estimate of drug-likeness (QED) is 0.826. The van der Waals surface area contributed by atoms with E-state index >= 15 is 0 Å². The van der Waals surface area contributed by atoms with Crippen LogP contribution in [0.2, 0.25) is 5.02 Å². The molecule has 1 aromatic rings. The average molecular weight is 405 g/mol. The summed E-state index contributed by atoms with van der Waals surface area (Å²) in [6.45, 7) is 5.23. The zero-order valence-corrected chi connectivity index (χ0v) is 17.5. The Morgan fingerprint density at radius 1 is 0.929 bits per heavy atom. The molecule has 0 spiro atoms. The summed E-state index contributed by atoms with van der Waals surface area (Å²) in [6.07, 6.45) is 6.71. The van der Waals surface area contributed by atoms with Crippen molar-refractivity contribution in [3.63, 3.8) is 0 Å². The van der Waals surface area contributed by atoms with Gasteiger partial charge in [0.05, 0.1) is 6.10 Å². The summed E-state index contributed by atoms with van der Waals surface area (Å²) in [5, 5.41) is 10.5. The van der Waals surface area contributed by atoms with E-state index in [-0.39, 0.29) is 12.0 Å². The number of piperidine rings is 1. The third-order valence-electron chi connectivity index (χ3n) is 7.19. The maximum absolute atomic E-state index is 12.8. The minimum atomic E-state index is -0.187. The summed E-state index contributed by atoms with van der Waals surface area (Å²) < 4.78 is 0. The summed E-state index contributed by atoms with van der Waals surface area (Å²) in [4.78, 5) is 17.5. The Morgan fingerprint density at radius 3 is 2.25 bits per heavy atom.